The van der Waals surface area contributed by atoms with Gasteiger partial charge in [-0.2, -0.15) is 0 Å². The van der Waals surface area contributed by atoms with Crippen LogP contribution in [0.1, 0.15) is 27.2 Å². The number of aromatic nitrogens is 2. The van der Waals surface area contributed by atoms with Gasteiger partial charge in [-0.05, 0) is 38.5 Å². The zero-order valence-corrected chi connectivity index (χ0v) is 13.8. The number of nitrogens with one attached hydrogen (secondary N) is 1. The largest absolute Gasteiger partial charge is 0.466 e. The van der Waals surface area contributed by atoms with E-state index < -0.39 is 0 Å². The monoisotopic (exact) mass is 319 g/mol. The Balaban J connectivity index is 2.35. The van der Waals surface area contributed by atoms with Gasteiger partial charge in [0.2, 0.25) is 5.91 Å². The summed E-state index contributed by atoms with van der Waals surface area (Å²) in [6.45, 7) is 6.98. The number of carbonyl (C=O) groups is 1. The van der Waals surface area contributed by atoms with Crippen molar-refractivity contribution in [3.63, 3.8) is 0 Å². The van der Waals surface area contributed by atoms with Crippen LogP contribution in [0.2, 0.25) is 0 Å². The maximum absolute atomic E-state index is 11.8. The topological polar surface area (TPSA) is 73.3 Å². The first-order valence-corrected chi connectivity index (χ1v) is 8.16. The SMILES string of the molecule is COCCCNC(=O)C(C)Sc1nnc(OC(C)C)s1. The molecule has 8 heteroatoms. The van der Waals surface area contributed by atoms with Gasteiger partial charge >= 0.3 is 0 Å². The standard InChI is InChI=1S/C12H21N3O3S2/c1-8(2)18-11-14-15-12(20-11)19-9(3)10(16)13-6-5-7-17-4/h8-9H,5-7H2,1-4H3,(H,13,16). The summed E-state index contributed by atoms with van der Waals surface area (Å²) in [5.74, 6) is -0.00682. The lowest BCUT2D eigenvalue weighted by Crippen LogP contribution is -2.32. The first kappa shape index (κ1) is 17.2. The van der Waals surface area contributed by atoms with Gasteiger partial charge in [0.1, 0.15) is 0 Å². The van der Waals surface area contributed by atoms with Crippen LogP contribution >= 0.6 is 23.1 Å². The third-order valence-electron chi connectivity index (χ3n) is 2.20. The van der Waals surface area contributed by atoms with Crippen molar-refractivity contribution in [2.75, 3.05) is 20.3 Å². The average molecular weight is 319 g/mol. The predicted octanol–water partition coefficient (Wildman–Crippen LogP) is 1.96. The smallest absolute Gasteiger partial charge is 0.295 e. The van der Waals surface area contributed by atoms with E-state index in [9.17, 15) is 4.79 Å². The molecule has 0 saturated carbocycles. The van der Waals surface area contributed by atoms with E-state index >= 15 is 0 Å². The minimum Gasteiger partial charge on any atom is -0.466 e. The first-order chi connectivity index (χ1) is 9.52. The highest BCUT2D eigenvalue weighted by molar-refractivity contribution is 8.02. The van der Waals surface area contributed by atoms with Crippen LogP contribution in [0.25, 0.3) is 0 Å². The molecule has 1 N–H and O–H groups in total. The van der Waals surface area contributed by atoms with Crippen LogP contribution in [0.3, 0.4) is 0 Å². The van der Waals surface area contributed by atoms with Gasteiger partial charge < -0.3 is 14.8 Å². The van der Waals surface area contributed by atoms with E-state index in [0.29, 0.717) is 18.3 Å². The Morgan fingerprint density at radius 3 is 2.80 bits per heavy atom. The summed E-state index contributed by atoms with van der Waals surface area (Å²) in [6, 6.07) is 0. The molecule has 0 spiro atoms. The molecule has 1 aromatic rings. The highest BCUT2D eigenvalue weighted by atomic mass is 32.2. The van der Waals surface area contributed by atoms with E-state index in [1.165, 1.54) is 23.1 Å². The molecule has 0 aliphatic heterocycles. The summed E-state index contributed by atoms with van der Waals surface area (Å²) in [5, 5.41) is 11.1. The molecule has 20 heavy (non-hydrogen) atoms. The molecule has 0 fully saturated rings. The number of methoxy groups -OCH3 is 1. The quantitative estimate of drug-likeness (QED) is 0.554. The number of nitrogens with zero attached hydrogens (tertiary/aromatic N) is 2. The van der Waals surface area contributed by atoms with Crippen LogP contribution in [0.15, 0.2) is 4.34 Å². The molecule has 0 aliphatic rings. The highest BCUT2D eigenvalue weighted by Crippen LogP contribution is 2.30. The molecule has 1 rings (SSSR count). The molecular formula is C12H21N3O3S2. The summed E-state index contributed by atoms with van der Waals surface area (Å²) in [4.78, 5) is 11.8. The number of rotatable bonds is 9. The molecule has 1 atom stereocenters. The number of thioether (sulfide) groups is 1. The van der Waals surface area contributed by atoms with Crippen molar-refractivity contribution in [2.24, 2.45) is 0 Å². The zero-order valence-electron chi connectivity index (χ0n) is 12.2. The van der Waals surface area contributed by atoms with Crippen LogP contribution in [0.4, 0.5) is 0 Å². The number of ether oxygens (including phenoxy) is 2. The molecule has 0 saturated heterocycles. The lowest BCUT2D eigenvalue weighted by Gasteiger charge is -2.09. The molecule has 1 heterocycles. The van der Waals surface area contributed by atoms with Gasteiger partial charge in [0.25, 0.3) is 5.19 Å². The summed E-state index contributed by atoms with van der Waals surface area (Å²) >= 11 is 2.74. The van der Waals surface area contributed by atoms with Crippen LogP contribution < -0.4 is 10.1 Å². The second-order valence-corrected chi connectivity index (χ2v) is 6.93. The number of hydrogen-bond donors (Lipinski definition) is 1. The fourth-order valence-electron chi connectivity index (χ4n) is 1.27. The van der Waals surface area contributed by atoms with E-state index in [4.69, 9.17) is 9.47 Å². The Labute approximate surface area is 127 Å². The molecule has 1 unspecified atom stereocenters. The van der Waals surface area contributed by atoms with Gasteiger partial charge in [0.05, 0.1) is 11.4 Å². The highest BCUT2D eigenvalue weighted by Gasteiger charge is 2.17. The Kier molecular flexibility index (Phi) is 7.86. The molecule has 0 radical (unpaired) electrons. The minimum atomic E-state index is -0.211. The van der Waals surface area contributed by atoms with Crippen molar-refractivity contribution >= 4 is 29.0 Å². The van der Waals surface area contributed by atoms with Gasteiger partial charge in [0.15, 0.2) is 4.34 Å². The summed E-state index contributed by atoms with van der Waals surface area (Å²) < 4.78 is 11.1. The van der Waals surface area contributed by atoms with Gasteiger partial charge in [-0.1, -0.05) is 16.9 Å². The lowest BCUT2D eigenvalue weighted by atomic mass is 10.4. The Morgan fingerprint density at radius 1 is 1.40 bits per heavy atom. The van der Waals surface area contributed by atoms with E-state index in [-0.39, 0.29) is 17.3 Å². The van der Waals surface area contributed by atoms with Crippen molar-refractivity contribution in [2.45, 2.75) is 42.9 Å². The van der Waals surface area contributed by atoms with E-state index in [1.807, 2.05) is 20.8 Å². The van der Waals surface area contributed by atoms with Crippen LogP contribution in [-0.4, -0.2) is 47.7 Å². The third-order valence-corrected chi connectivity index (χ3v) is 4.19. The van der Waals surface area contributed by atoms with Gasteiger partial charge in [-0.15, -0.1) is 5.10 Å². The molecule has 1 aromatic heterocycles. The van der Waals surface area contributed by atoms with Crippen LogP contribution in [-0.2, 0) is 9.53 Å². The van der Waals surface area contributed by atoms with E-state index in [0.717, 1.165) is 10.8 Å². The van der Waals surface area contributed by atoms with Crippen molar-refractivity contribution in [3.05, 3.63) is 0 Å². The van der Waals surface area contributed by atoms with E-state index in [2.05, 4.69) is 15.5 Å². The van der Waals surface area contributed by atoms with Crippen LogP contribution in [0, 0.1) is 0 Å². The van der Waals surface area contributed by atoms with Gasteiger partial charge in [0, 0.05) is 20.3 Å². The van der Waals surface area contributed by atoms with Gasteiger partial charge in [-0.3, -0.25) is 4.79 Å². The first-order valence-electron chi connectivity index (χ1n) is 6.46. The number of carbonyl (C=O) groups excluding carboxylic acids is 1. The molecule has 0 bridgehead atoms. The Hall–Kier alpha value is -0.860. The summed E-state index contributed by atoms with van der Waals surface area (Å²) in [7, 11) is 1.65. The Morgan fingerprint density at radius 2 is 2.15 bits per heavy atom. The molecule has 1 amide bonds. The summed E-state index contributed by atoms with van der Waals surface area (Å²) in [6.07, 6.45) is 0.882. The molecule has 0 aliphatic carbocycles. The zero-order chi connectivity index (χ0) is 15.0. The van der Waals surface area contributed by atoms with Crippen molar-refractivity contribution in [1.82, 2.24) is 15.5 Å². The van der Waals surface area contributed by atoms with Crippen LogP contribution in [0.5, 0.6) is 5.19 Å². The molecule has 6 nitrogen and oxygen atoms in total. The summed E-state index contributed by atoms with van der Waals surface area (Å²) in [5.41, 5.74) is 0. The van der Waals surface area contributed by atoms with Crippen molar-refractivity contribution in [1.29, 1.82) is 0 Å². The normalized spacial score (nSPS) is 12.4. The maximum Gasteiger partial charge on any atom is 0.295 e. The van der Waals surface area contributed by atoms with Crippen molar-refractivity contribution < 1.29 is 14.3 Å². The number of amides is 1. The molecule has 0 aromatic carbocycles. The lowest BCUT2D eigenvalue weighted by molar-refractivity contribution is -0.120. The fraction of sp³-hybridized carbons (Fsp3) is 0.750. The predicted molar refractivity (Wildman–Crippen MR) is 80.5 cm³/mol. The minimum absolute atomic E-state index is 0.00682. The second kappa shape index (κ2) is 9.15. The maximum atomic E-state index is 11.8. The second-order valence-electron chi connectivity index (χ2n) is 4.40. The van der Waals surface area contributed by atoms with E-state index in [1.54, 1.807) is 7.11 Å². The fourth-order valence-corrected chi connectivity index (χ4v) is 3.24. The van der Waals surface area contributed by atoms with Gasteiger partial charge in [-0.25, -0.2) is 0 Å². The third kappa shape index (κ3) is 6.53. The number of hydrogen-bond acceptors (Lipinski definition) is 7. The molecular weight excluding hydrogens is 298 g/mol. The molecule has 114 valence electrons. The Bertz CT molecular complexity index is 412. The van der Waals surface area contributed by atoms with Crippen molar-refractivity contribution in [3.8, 4) is 5.19 Å². The average Bonchev–Trinajstić information content (AvgIpc) is 2.80.